The van der Waals surface area contributed by atoms with Crippen molar-refractivity contribution in [1.29, 1.82) is 0 Å². The van der Waals surface area contributed by atoms with Crippen molar-refractivity contribution in [3.8, 4) is 0 Å². The summed E-state index contributed by atoms with van der Waals surface area (Å²) in [5.41, 5.74) is 10.7. The largest absolute Gasteiger partial charge is 0.480 e. The van der Waals surface area contributed by atoms with Crippen LogP contribution < -0.4 is 27.4 Å². The Bertz CT molecular complexity index is 681. The molecule has 0 fully saturated rings. The van der Waals surface area contributed by atoms with E-state index in [0.717, 1.165) is 0 Å². The van der Waals surface area contributed by atoms with Gasteiger partial charge in [0.1, 0.15) is 12.1 Å². The Kier molecular flexibility index (Phi) is 12.5. The summed E-state index contributed by atoms with van der Waals surface area (Å²) in [5, 5.41) is 26.0. The van der Waals surface area contributed by atoms with Crippen molar-refractivity contribution in [2.45, 2.75) is 84.2 Å². The second-order valence-electron chi connectivity index (χ2n) is 8.72. The number of hydrogen-bond acceptors (Lipinski definition) is 7. The van der Waals surface area contributed by atoms with Gasteiger partial charge in [-0.15, -0.1) is 0 Å². The molecular weight excluding hydrogens is 422 g/mol. The molecule has 184 valence electrons. The fourth-order valence-corrected chi connectivity index (χ4v) is 2.91. The number of carboxylic acid groups (broad SMARTS) is 1. The number of primary amides is 1. The summed E-state index contributed by atoms with van der Waals surface area (Å²) in [4.78, 5) is 60.1. The Hall–Kier alpha value is -2.73. The standard InChI is InChI=1S/C20H37N5O7/c1-9(2)6-13(23-17(28)12(21)8-15(22)27)18(29)24-14(7-10(3)4)19(30)25-16(11(5)26)20(31)32/h9-14,16,26H,6-8,21H2,1-5H3,(H2,22,27)(H,23,28)(H,24,29)(H,25,30)(H,31,32). The van der Waals surface area contributed by atoms with Crippen LogP contribution in [0.25, 0.3) is 0 Å². The lowest BCUT2D eigenvalue weighted by Crippen LogP contribution is -2.58. The van der Waals surface area contributed by atoms with Crippen molar-refractivity contribution in [3.05, 3.63) is 0 Å². The third-order valence-electron chi connectivity index (χ3n) is 4.48. The molecule has 0 saturated heterocycles. The van der Waals surface area contributed by atoms with E-state index in [4.69, 9.17) is 11.5 Å². The van der Waals surface area contributed by atoms with Gasteiger partial charge in [0.2, 0.25) is 23.6 Å². The minimum atomic E-state index is -1.55. The number of aliphatic hydroxyl groups excluding tert-OH is 1. The lowest BCUT2D eigenvalue weighted by molar-refractivity contribution is -0.145. The molecule has 0 saturated carbocycles. The van der Waals surface area contributed by atoms with E-state index >= 15 is 0 Å². The van der Waals surface area contributed by atoms with Crippen LogP contribution in [-0.2, 0) is 24.0 Å². The van der Waals surface area contributed by atoms with Gasteiger partial charge >= 0.3 is 5.97 Å². The molecule has 0 rings (SSSR count). The van der Waals surface area contributed by atoms with E-state index < -0.39 is 66.3 Å². The van der Waals surface area contributed by atoms with Crippen LogP contribution in [0.15, 0.2) is 0 Å². The maximum Gasteiger partial charge on any atom is 0.328 e. The smallest absolute Gasteiger partial charge is 0.328 e. The quantitative estimate of drug-likeness (QED) is 0.157. The van der Waals surface area contributed by atoms with E-state index in [1.807, 2.05) is 27.7 Å². The maximum atomic E-state index is 12.9. The first kappa shape index (κ1) is 29.3. The number of aliphatic carboxylic acids is 1. The fourth-order valence-electron chi connectivity index (χ4n) is 2.91. The van der Waals surface area contributed by atoms with Crippen molar-refractivity contribution < 1.29 is 34.2 Å². The van der Waals surface area contributed by atoms with Gasteiger partial charge in [0.15, 0.2) is 6.04 Å². The van der Waals surface area contributed by atoms with Crippen LogP contribution in [0.5, 0.6) is 0 Å². The van der Waals surface area contributed by atoms with Gasteiger partial charge in [0, 0.05) is 0 Å². The van der Waals surface area contributed by atoms with Crippen LogP contribution in [-0.4, -0.2) is 70.1 Å². The van der Waals surface area contributed by atoms with Gasteiger partial charge in [-0.05, 0) is 31.6 Å². The SMILES string of the molecule is CC(C)CC(NC(=O)C(N)CC(N)=O)C(=O)NC(CC(C)C)C(=O)NC(C(=O)O)C(C)O. The molecule has 0 radical (unpaired) electrons. The first-order chi connectivity index (χ1) is 14.6. The molecular formula is C20H37N5O7. The summed E-state index contributed by atoms with van der Waals surface area (Å²) < 4.78 is 0. The van der Waals surface area contributed by atoms with Gasteiger partial charge in [-0.1, -0.05) is 27.7 Å². The molecule has 0 aromatic carbocycles. The molecule has 12 nitrogen and oxygen atoms in total. The van der Waals surface area contributed by atoms with Gasteiger partial charge < -0.3 is 37.6 Å². The highest BCUT2D eigenvalue weighted by atomic mass is 16.4. The maximum absolute atomic E-state index is 12.9. The van der Waals surface area contributed by atoms with E-state index in [1.165, 1.54) is 6.92 Å². The Morgan fingerprint density at radius 2 is 1.19 bits per heavy atom. The van der Waals surface area contributed by atoms with Gasteiger partial charge in [0.05, 0.1) is 18.6 Å². The van der Waals surface area contributed by atoms with Gasteiger partial charge in [-0.2, -0.15) is 0 Å². The number of nitrogens with two attached hydrogens (primary N) is 2. The number of rotatable bonds is 14. The van der Waals surface area contributed by atoms with Crippen LogP contribution in [0.1, 0.15) is 53.9 Å². The molecule has 5 unspecified atom stereocenters. The molecule has 0 aliphatic carbocycles. The predicted octanol–water partition coefficient (Wildman–Crippen LogP) is -1.80. The normalized spacial score (nSPS) is 15.9. The van der Waals surface area contributed by atoms with Crippen molar-refractivity contribution in [2.24, 2.45) is 23.3 Å². The van der Waals surface area contributed by atoms with Crippen molar-refractivity contribution in [1.82, 2.24) is 16.0 Å². The zero-order valence-corrected chi connectivity index (χ0v) is 19.3. The van der Waals surface area contributed by atoms with Crippen molar-refractivity contribution >= 4 is 29.6 Å². The van der Waals surface area contributed by atoms with E-state index in [9.17, 15) is 34.2 Å². The van der Waals surface area contributed by atoms with Gasteiger partial charge in [-0.3, -0.25) is 19.2 Å². The van der Waals surface area contributed by atoms with Gasteiger partial charge in [-0.25, -0.2) is 4.79 Å². The molecule has 9 N–H and O–H groups in total. The van der Waals surface area contributed by atoms with E-state index in [2.05, 4.69) is 16.0 Å². The molecule has 4 amide bonds. The molecule has 0 bridgehead atoms. The number of carbonyl (C=O) groups is 5. The molecule has 32 heavy (non-hydrogen) atoms. The van der Waals surface area contributed by atoms with Crippen LogP contribution in [0, 0.1) is 11.8 Å². The minimum absolute atomic E-state index is 0.0116. The second kappa shape index (κ2) is 13.6. The van der Waals surface area contributed by atoms with Crippen molar-refractivity contribution in [3.63, 3.8) is 0 Å². The number of aliphatic hydroxyl groups is 1. The molecule has 0 spiro atoms. The summed E-state index contributed by atoms with van der Waals surface area (Å²) in [6.45, 7) is 8.50. The van der Waals surface area contributed by atoms with Crippen LogP contribution in [0.4, 0.5) is 0 Å². The summed E-state index contributed by atoms with van der Waals surface area (Å²) >= 11 is 0. The Labute approximate surface area is 187 Å². The van der Waals surface area contributed by atoms with E-state index in [1.54, 1.807) is 0 Å². The summed E-state index contributed by atoms with van der Waals surface area (Å²) in [6.07, 6.45) is -1.34. The lowest BCUT2D eigenvalue weighted by Gasteiger charge is -2.27. The highest BCUT2D eigenvalue weighted by Crippen LogP contribution is 2.10. The van der Waals surface area contributed by atoms with E-state index in [0.29, 0.717) is 0 Å². The molecule has 0 aromatic heterocycles. The topological polar surface area (TPSA) is 214 Å². The number of amides is 4. The molecule has 12 heteroatoms. The summed E-state index contributed by atoms with van der Waals surface area (Å²) in [7, 11) is 0. The average Bonchev–Trinajstić information content (AvgIpc) is 2.62. The van der Waals surface area contributed by atoms with Crippen LogP contribution >= 0.6 is 0 Å². The molecule has 0 aliphatic rings. The highest BCUT2D eigenvalue weighted by Gasteiger charge is 2.32. The monoisotopic (exact) mass is 459 g/mol. The van der Waals surface area contributed by atoms with Gasteiger partial charge in [0.25, 0.3) is 0 Å². The zero-order chi connectivity index (χ0) is 25.2. The number of hydrogen-bond donors (Lipinski definition) is 7. The van der Waals surface area contributed by atoms with Crippen LogP contribution in [0.2, 0.25) is 0 Å². The van der Waals surface area contributed by atoms with Crippen molar-refractivity contribution in [2.75, 3.05) is 0 Å². The molecule has 0 aromatic rings. The molecule has 5 atom stereocenters. The van der Waals surface area contributed by atoms with E-state index in [-0.39, 0.29) is 24.7 Å². The highest BCUT2D eigenvalue weighted by molar-refractivity contribution is 5.95. The van der Waals surface area contributed by atoms with Crippen LogP contribution in [0.3, 0.4) is 0 Å². The average molecular weight is 460 g/mol. The summed E-state index contributed by atoms with van der Waals surface area (Å²) in [5.74, 6) is -4.42. The predicted molar refractivity (Wildman–Crippen MR) is 116 cm³/mol. The minimum Gasteiger partial charge on any atom is -0.480 e. The first-order valence-corrected chi connectivity index (χ1v) is 10.5. The third kappa shape index (κ3) is 11.0. The Morgan fingerprint density at radius 1 is 0.781 bits per heavy atom. The first-order valence-electron chi connectivity index (χ1n) is 10.5. The number of carbonyl (C=O) groups excluding carboxylic acids is 4. The molecule has 0 aliphatic heterocycles. The molecule has 0 heterocycles. The Balaban J connectivity index is 5.51. The Morgan fingerprint density at radius 3 is 1.53 bits per heavy atom. The second-order valence-corrected chi connectivity index (χ2v) is 8.72. The zero-order valence-electron chi connectivity index (χ0n) is 19.3. The fraction of sp³-hybridized carbons (Fsp3) is 0.750. The number of carboxylic acids is 1. The summed E-state index contributed by atoms with van der Waals surface area (Å²) in [6, 6.07) is -4.93. The third-order valence-corrected chi connectivity index (χ3v) is 4.48. The lowest BCUT2D eigenvalue weighted by atomic mass is 9.99. The number of nitrogens with one attached hydrogen (secondary N) is 3.